The Kier molecular flexibility index (Phi) is 4.81. The van der Waals surface area contributed by atoms with Crippen LogP contribution in [0.15, 0.2) is 0 Å². The van der Waals surface area contributed by atoms with Crippen molar-refractivity contribution in [2.45, 2.75) is 82.8 Å². The van der Waals surface area contributed by atoms with Crippen molar-refractivity contribution in [2.75, 3.05) is 13.1 Å². The first kappa shape index (κ1) is 13.9. The summed E-state index contributed by atoms with van der Waals surface area (Å²) in [5.41, 5.74) is 0. The van der Waals surface area contributed by atoms with Gasteiger partial charge < -0.3 is 5.11 Å². The zero-order valence-corrected chi connectivity index (χ0v) is 12.4. The van der Waals surface area contributed by atoms with Gasteiger partial charge in [0.15, 0.2) is 0 Å². The van der Waals surface area contributed by atoms with E-state index in [1.165, 1.54) is 77.2 Å². The number of likely N-dealkylation sites (tertiary alicyclic amines) is 1. The van der Waals surface area contributed by atoms with Crippen molar-refractivity contribution in [3.8, 4) is 0 Å². The summed E-state index contributed by atoms with van der Waals surface area (Å²) in [4.78, 5) is 2.66. The molecule has 0 spiro atoms. The molecule has 2 nitrogen and oxygen atoms in total. The Labute approximate surface area is 118 Å². The first-order valence-corrected chi connectivity index (χ1v) is 8.77. The van der Waals surface area contributed by atoms with Gasteiger partial charge in [-0.2, -0.15) is 0 Å². The molecule has 1 saturated heterocycles. The lowest BCUT2D eigenvalue weighted by Crippen LogP contribution is -2.50. The fourth-order valence-corrected chi connectivity index (χ4v) is 4.86. The summed E-state index contributed by atoms with van der Waals surface area (Å²) in [6, 6.07) is 0.806. The Balaban J connectivity index is 1.55. The summed E-state index contributed by atoms with van der Waals surface area (Å²) in [7, 11) is 0. The number of piperidine rings is 1. The van der Waals surface area contributed by atoms with Crippen LogP contribution in [0.3, 0.4) is 0 Å². The van der Waals surface area contributed by atoms with Gasteiger partial charge >= 0.3 is 0 Å². The molecule has 3 atom stereocenters. The van der Waals surface area contributed by atoms with Gasteiger partial charge in [-0.15, -0.1) is 0 Å². The lowest BCUT2D eigenvalue weighted by Gasteiger charge is -2.45. The second kappa shape index (κ2) is 6.58. The third kappa shape index (κ3) is 3.33. The molecule has 3 unspecified atom stereocenters. The topological polar surface area (TPSA) is 23.5 Å². The van der Waals surface area contributed by atoms with Gasteiger partial charge in [-0.05, 0) is 56.9 Å². The number of nitrogens with zero attached hydrogens (tertiary/aromatic N) is 1. The Hall–Kier alpha value is -0.0800. The van der Waals surface area contributed by atoms with Crippen LogP contribution in [0.1, 0.15) is 70.6 Å². The monoisotopic (exact) mass is 265 g/mol. The lowest BCUT2D eigenvalue weighted by atomic mass is 9.77. The highest BCUT2D eigenvalue weighted by molar-refractivity contribution is 4.89. The Bertz CT molecular complexity index is 272. The molecule has 1 heterocycles. The third-order valence-electron chi connectivity index (χ3n) is 5.97. The molecule has 19 heavy (non-hydrogen) atoms. The van der Waals surface area contributed by atoms with Gasteiger partial charge in [0.2, 0.25) is 0 Å². The van der Waals surface area contributed by atoms with E-state index in [2.05, 4.69) is 4.90 Å². The zero-order chi connectivity index (χ0) is 13.1. The molecule has 0 aromatic heterocycles. The van der Waals surface area contributed by atoms with Crippen molar-refractivity contribution < 1.29 is 5.11 Å². The van der Waals surface area contributed by atoms with Crippen molar-refractivity contribution >= 4 is 0 Å². The molecule has 0 aromatic carbocycles. The van der Waals surface area contributed by atoms with Crippen LogP contribution in [0.2, 0.25) is 0 Å². The van der Waals surface area contributed by atoms with Gasteiger partial charge in [-0.1, -0.05) is 32.1 Å². The summed E-state index contributed by atoms with van der Waals surface area (Å²) >= 11 is 0. The Morgan fingerprint density at radius 2 is 1.53 bits per heavy atom. The molecule has 2 saturated carbocycles. The van der Waals surface area contributed by atoms with E-state index in [4.69, 9.17) is 0 Å². The molecule has 1 aliphatic heterocycles. The van der Waals surface area contributed by atoms with Crippen LogP contribution in [-0.4, -0.2) is 35.2 Å². The van der Waals surface area contributed by atoms with Crippen molar-refractivity contribution in [3.05, 3.63) is 0 Å². The number of β-amino-alcohol motifs (C(OH)–C–C–N with tert-alkyl or cyclic N) is 1. The minimum Gasteiger partial charge on any atom is -0.392 e. The van der Waals surface area contributed by atoms with Crippen LogP contribution in [0.4, 0.5) is 0 Å². The maximum Gasteiger partial charge on any atom is 0.0695 e. The molecular formula is C17H31NO. The van der Waals surface area contributed by atoms with Gasteiger partial charge in [0.05, 0.1) is 6.10 Å². The number of aliphatic hydroxyl groups is 1. The molecule has 0 bridgehead atoms. The van der Waals surface area contributed by atoms with Crippen LogP contribution in [-0.2, 0) is 0 Å². The highest BCUT2D eigenvalue weighted by Crippen LogP contribution is 2.36. The Morgan fingerprint density at radius 3 is 2.37 bits per heavy atom. The number of hydrogen-bond donors (Lipinski definition) is 1. The normalized spacial score (nSPS) is 35.8. The van der Waals surface area contributed by atoms with E-state index in [0.29, 0.717) is 5.92 Å². The number of rotatable bonds is 3. The summed E-state index contributed by atoms with van der Waals surface area (Å²) in [5.74, 6) is 1.54. The fraction of sp³-hybridized carbons (Fsp3) is 1.00. The van der Waals surface area contributed by atoms with Gasteiger partial charge in [-0.25, -0.2) is 0 Å². The molecule has 3 aliphatic rings. The van der Waals surface area contributed by atoms with Crippen LogP contribution in [0, 0.1) is 11.8 Å². The van der Waals surface area contributed by atoms with E-state index >= 15 is 0 Å². The maximum absolute atomic E-state index is 10.6. The predicted octanol–water partition coefficient (Wildman–Crippen LogP) is 3.58. The van der Waals surface area contributed by atoms with E-state index in [9.17, 15) is 5.11 Å². The maximum atomic E-state index is 10.6. The highest BCUT2D eigenvalue weighted by atomic mass is 16.3. The quantitative estimate of drug-likeness (QED) is 0.843. The first-order chi connectivity index (χ1) is 9.34. The molecule has 0 radical (unpaired) electrons. The smallest absolute Gasteiger partial charge is 0.0695 e. The average Bonchev–Trinajstić information content (AvgIpc) is 2.48. The molecule has 0 aromatic rings. The van der Waals surface area contributed by atoms with Gasteiger partial charge in [-0.3, -0.25) is 4.90 Å². The van der Waals surface area contributed by atoms with E-state index in [1.54, 1.807) is 0 Å². The summed E-state index contributed by atoms with van der Waals surface area (Å²) in [5, 5.41) is 10.6. The van der Waals surface area contributed by atoms with Crippen molar-refractivity contribution in [1.29, 1.82) is 0 Å². The fourth-order valence-electron chi connectivity index (χ4n) is 4.86. The minimum atomic E-state index is -0.0547. The van der Waals surface area contributed by atoms with Crippen LogP contribution in [0.25, 0.3) is 0 Å². The van der Waals surface area contributed by atoms with E-state index < -0.39 is 0 Å². The van der Waals surface area contributed by atoms with Crippen LogP contribution >= 0.6 is 0 Å². The second-order valence-corrected chi connectivity index (χ2v) is 7.21. The third-order valence-corrected chi connectivity index (χ3v) is 5.97. The van der Waals surface area contributed by atoms with Crippen molar-refractivity contribution in [1.82, 2.24) is 4.90 Å². The highest BCUT2D eigenvalue weighted by Gasteiger charge is 2.35. The number of fused-ring (bicyclic) bond motifs is 1. The van der Waals surface area contributed by atoms with Crippen molar-refractivity contribution in [3.63, 3.8) is 0 Å². The molecule has 2 heteroatoms. The molecule has 3 fully saturated rings. The lowest BCUT2D eigenvalue weighted by molar-refractivity contribution is -0.00521. The first-order valence-electron chi connectivity index (χ1n) is 8.77. The summed E-state index contributed by atoms with van der Waals surface area (Å²) in [6.07, 6.45) is 15.0. The van der Waals surface area contributed by atoms with E-state index in [1.807, 2.05) is 0 Å². The van der Waals surface area contributed by atoms with E-state index in [-0.39, 0.29) is 6.10 Å². The van der Waals surface area contributed by atoms with Gasteiger partial charge in [0, 0.05) is 12.6 Å². The average molecular weight is 265 g/mol. The molecule has 0 amide bonds. The second-order valence-electron chi connectivity index (χ2n) is 7.21. The largest absolute Gasteiger partial charge is 0.392 e. The standard InChI is InChI=1S/C17H31NO/c19-17(15-8-2-1-3-9-15)13-18-12-6-10-14-7-4-5-11-16(14)18/h14-17,19H,1-13H2. The SMILES string of the molecule is OC(CN1CCCC2CCCCC21)C1CCCCC1. The number of hydrogen-bond acceptors (Lipinski definition) is 2. The molecular weight excluding hydrogens is 234 g/mol. The Morgan fingerprint density at radius 1 is 0.842 bits per heavy atom. The minimum absolute atomic E-state index is 0.0547. The summed E-state index contributed by atoms with van der Waals surface area (Å²) in [6.45, 7) is 2.21. The van der Waals surface area contributed by atoms with E-state index in [0.717, 1.165) is 18.5 Å². The van der Waals surface area contributed by atoms with Gasteiger partial charge in [0.1, 0.15) is 0 Å². The summed E-state index contributed by atoms with van der Waals surface area (Å²) < 4.78 is 0. The predicted molar refractivity (Wildman–Crippen MR) is 79.1 cm³/mol. The molecule has 110 valence electrons. The number of aliphatic hydroxyl groups excluding tert-OH is 1. The molecule has 3 rings (SSSR count). The molecule has 2 aliphatic carbocycles. The van der Waals surface area contributed by atoms with Crippen LogP contribution < -0.4 is 0 Å². The van der Waals surface area contributed by atoms with Crippen molar-refractivity contribution in [2.24, 2.45) is 11.8 Å². The van der Waals surface area contributed by atoms with Gasteiger partial charge in [0.25, 0.3) is 0 Å². The molecule has 1 N–H and O–H groups in total. The zero-order valence-electron chi connectivity index (χ0n) is 12.4. The van der Waals surface area contributed by atoms with Crippen LogP contribution in [0.5, 0.6) is 0 Å².